The fraction of sp³-hybridized carbons (Fsp3) is 0.533. The van der Waals surface area contributed by atoms with Crippen LogP contribution in [-0.4, -0.2) is 49.8 Å². The van der Waals surface area contributed by atoms with Crippen LogP contribution in [0, 0.1) is 0 Å². The molecule has 19 heavy (non-hydrogen) atoms. The average molecular weight is 281 g/mol. The van der Waals surface area contributed by atoms with E-state index in [0.717, 1.165) is 12.1 Å². The zero-order valence-corrected chi connectivity index (χ0v) is 13.0. The minimum absolute atomic E-state index is 0.164. The number of benzene rings is 1. The summed E-state index contributed by atoms with van der Waals surface area (Å²) in [7, 11) is 1.69. The van der Waals surface area contributed by atoms with Crippen LogP contribution in [-0.2, 0) is 4.74 Å². The van der Waals surface area contributed by atoms with E-state index in [1.807, 2.05) is 30.5 Å². The van der Waals surface area contributed by atoms with Crippen LogP contribution in [0.1, 0.15) is 24.2 Å². The first-order chi connectivity index (χ1) is 9.12. The Morgan fingerprint density at radius 3 is 2.47 bits per heavy atom. The highest BCUT2D eigenvalue weighted by Gasteiger charge is 2.16. The number of Topliss-reactive ketones (excluding diaryl/α,β-unsaturated/α-hetero) is 1. The Balaban J connectivity index is 2.65. The van der Waals surface area contributed by atoms with Crippen molar-refractivity contribution < 1.29 is 9.53 Å². The molecule has 0 aliphatic rings. The molecular formula is C15H23NO2S. The second-order valence-electron chi connectivity index (χ2n) is 4.52. The number of rotatable bonds is 8. The van der Waals surface area contributed by atoms with E-state index in [4.69, 9.17) is 4.74 Å². The molecule has 1 rings (SSSR count). The zero-order valence-electron chi connectivity index (χ0n) is 12.2. The lowest BCUT2D eigenvalue weighted by atomic mass is 10.1. The highest BCUT2D eigenvalue weighted by Crippen LogP contribution is 2.15. The Morgan fingerprint density at radius 2 is 2.00 bits per heavy atom. The molecule has 0 bridgehead atoms. The summed E-state index contributed by atoms with van der Waals surface area (Å²) < 4.78 is 5.15. The number of ketones is 1. The van der Waals surface area contributed by atoms with Crippen LogP contribution >= 0.6 is 11.8 Å². The van der Waals surface area contributed by atoms with E-state index in [0.29, 0.717) is 13.2 Å². The number of thioether (sulfide) groups is 1. The predicted octanol–water partition coefficient (Wildman–Crippen LogP) is 2.95. The molecule has 4 heteroatoms. The molecule has 0 spiro atoms. The normalized spacial score (nSPS) is 12.7. The number of likely N-dealkylation sites (N-methyl/N-ethyl adjacent to an activating group) is 1. The van der Waals surface area contributed by atoms with Crippen molar-refractivity contribution in [1.29, 1.82) is 0 Å². The van der Waals surface area contributed by atoms with Gasteiger partial charge in [0.05, 0.1) is 13.2 Å². The van der Waals surface area contributed by atoms with Crippen molar-refractivity contribution in [2.24, 2.45) is 0 Å². The van der Waals surface area contributed by atoms with Crippen molar-refractivity contribution in [2.75, 3.05) is 33.1 Å². The molecule has 1 atom stereocenters. The lowest BCUT2D eigenvalue weighted by Gasteiger charge is -2.26. The molecule has 1 aromatic rings. The van der Waals surface area contributed by atoms with Crippen molar-refractivity contribution in [3.05, 3.63) is 29.8 Å². The van der Waals surface area contributed by atoms with E-state index in [1.165, 1.54) is 4.90 Å². The van der Waals surface area contributed by atoms with Crippen molar-refractivity contribution in [1.82, 2.24) is 4.90 Å². The van der Waals surface area contributed by atoms with Crippen LogP contribution in [0.4, 0.5) is 0 Å². The van der Waals surface area contributed by atoms with Crippen LogP contribution in [0.2, 0.25) is 0 Å². The monoisotopic (exact) mass is 281 g/mol. The van der Waals surface area contributed by atoms with Crippen molar-refractivity contribution in [2.45, 2.75) is 24.8 Å². The molecule has 0 saturated carbocycles. The molecule has 0 fully saturated rings. The smallest absolute Gasteiger partial charge is 0.176 e. The molecular weight excluding hydrogens is 258 g/mol. The lowest BCUT2D eigenvalue weighted by molar-refractivity contribution is 0.0788. The fourth-order valence-electron chi connectivity index (χ4n) is 1.98. The molecule has 0 heterocycles. The van der Waals surface area contributed by atoms with Gasteiger partial charge in [-0.25, -0.2) is 0 Å². The molecule has 3 nitrogen and oxygen atoms in total. The Bertz CT molecular complexity index is 392. The summed E-state index contributed by atoms with van der Waals surface area (Å²) in [5.41, 5.74) is 0.779. The average Bonchev–Trinajstić information content (AvgIpc) is 2.44. The third kappa shape index (κ3) is 4.97. The van der Waals surface area contributed by atoms with Gasteiger partial charge in [0.15, 0.2) is 5.78 Å². The van der Waals surface area contributed by atoms with Gasteiger partial charge in [0.1, 0.15) is 0 Å². The maximum atomic E-state index is 12.2. The Kier molecular flexibility index (Phi) is 7.13. The maximum Gasteiger partial charge on any atom is 0.176 e. The van der Waals surface area contributed by atoms with Gasteiger partial charge in [-0.2, -0.15) is 0 Å². The van der Waals surface area contributed by atoms with Gasteiger partial charge in [-0.1, -0.05) is 19.1 Å². The first kappa shape index (κ1) is 16.2. The topological polar surface area (TPSA) is 29.5 Å². The minimum Gasteiger partial charge on any atom is -0.383 e. The fourth-order valence-corrected chi connectivity index (χ4v) is 2.39. The van der Waals surface area contributed by atoms with E-state index >= 15 is 0 Å². The Labute approximate surface area is 120 Å². The number of ether oxygens (including phenoxy) is 1. The van der Waals surface area contributed by atoms with E-state index in [9.17, 15) is 4.79 Å². The molecule has 1 aromatic carbocycles. The number of nitrogens with zero attached hydrogens (tertiary/aromatic N) is 1. The van der Waals surface area contributed by atoms with Crippen molar-refractivity contribution >= 4 is 17.5 Å². The molecule has 0 N–H and O–H groups in total. The number of carbonyl (C=O) groups excluding carboxylic acids is 1. The zero-order chi connectivity index (χ0) is 14.3. The predicted molar refractivity (Wildman–Crippen MR) is 81.1 cm³/mol. The highest BCUT2D eigenvalue weighted by molar-refractivity contribution is 7.98. The Morgan fingerprint density at radius 1 is 1.37 bits per heavy atom. The Hall–Kier alpha value is -0.840. The van der Waals surface area contributed by atoms with Gasteiger partial charge >= 0.3 is 0 Å². The highest BCUT2D eigenvalue weighted by atomic mass is 32.2. The van der Waals surface area contributed by atoms with Gasteiger partial charge in [0.2, 0.25) is 0 Å². The molecule has 0 amide bonds. The van der Waals surface area contributed by atoms with Gasteiger partial charge < -0.3 is 4.74 Å². The molecule has 1 unspecified atom stereocenters. The summed E-state index contributed by atoms with van der Waals surface area (Å²) in [4.78, 5) is 15.5. The van der Waals surface area contributed by atoms with E-state index in [2.05, 4.69) is 18.7 Å². The molecule has 0 aliphatic heterocycles. The summed E-state index contributed by atoms with van der Waals surface area (Å²) >= 11 is 1.68. The van der Waals surface area contributed by atoms with Gasteiger partial charge in [-0.15, -0.1) is 11.8 Å². The largest absolute Gasteiger partial charge is 0.383 e. The van der Waals surface area contributed by atoms with Crippen LogP contribution in [0.5, 0.6) is 0 Å². The van der Waals surface area contributed by atoms with Gasteiger partial charge in [0.25, 0.3) is 0 Å². The summed E-state index contributed by atoms with van der Waals surface area (Å²) in [6, 6.07) is 8.05. The van der Waals surface area contributed by atoms with Crippen LogP contribution in [0.3, 0.4) is 0 Å². The molecule has 106 valence electrons. The molecule has 0 saturated heterocycles. The second kappa shape index (κ2) is 8.35. The maximum absolute atomic E-state index is 12.2. The number of carbonyl (C=O) groups is 1. The van der Waals surface area contributed by atoms with Crippen molar-refractivity contribution in [3.8, 4) is 0 Å². The summed E-state index contributed by atoms with van der Waals surface area (Å²) in [5.74, 6) is 0.164. The van der Waals surface area contributed by atoms with E-state index in [1.54, 1.807) is 18.9 Å². The number of hydrogen-bond donors (Lipinski definition) is 0. The first-order valence-corrected chi connectivity index (χ1v) is 7.75. The van der Waals surface area contributed by atoms with Gasteiger partial charge in [-0.3, -0.25) is 9.69 Å². The molecule has 0 aromatic heterocycles. The van der Waals surface area contributed by atoms with Gasteiger partial charge in [-0.05, 0) is 31.9 Å². The summed E-state index contributed by atoms with van der Waals surface area (Å²) in [5, 5.41) is 0. The van der Waals surface area contributed by atoms with Crippen molar-refractivity contribution in [3.63, 3.8) is 0 Å². The third-order valence-electron chi connectivity index (χ3n) is 3.20. The standard InChI is InChI=1S/C15H23NO2S/c1-5-16(12(2)11-18-3)10-15(17)13-6-8-14(19-4)9-7-13/h6-9,12H,5,10-11H2,1-4H3. The SMILES string of the molecule is CCN(CC(=O)c1ccc(SC)cc1)C(C)COC. The van der Waals surface area contributed by atoms with Crippen LogP contribution in [0.15, 0.2) is 29.2 Å². The summed E-state index contributed by atoms with van der Waals surface area (Å²) in [6.07, 6.45) is 2.03. The summed E-state index contributed by atoms with van der Waals surface area (Å²) in [6.45, 7) is 6.08. The third-order valence-corrected chi connectivity index (χ3v) is 3.94. The number of hydrogen-bond acceptors (Lipinski definition) is 4. The van der Waals surface area contributed by atoms with Gasteiger partial charge in [0, 0.05) is 23.6 Å². The minimum atomic E-state index is 0.164. The molecule has 0 aliphatic carbocycles. The van der Waals surface area contributed by atoms with E-state index in [-0.39, 0.29) is 11.8 Å². The van der Waals surface area contributed by atoms with Crippen LogP contribution < -0.4 is 0 Å². The van der Waals surface area contributed by atoms with E-state index < -0.39 is 0 Å². The first-order valence-electron chi connectivity index (χ1n) is 6.52. The molecule has 0 radical (unpaired) electrons. The van der Waals surface area contributed by atoms with Crippen LogP contribution in [0.25, 0.3) is 0 Å². The lowest BCUT2D eigenvalue weighted by Crippen LogP contribution is -2.39. The second-order valence-corrected chi connectivity index (χ2v) is 5.40. The number of methoxy groups -OCH3 is 1. The quantitative estimate of drug-likeness (QED) is 0.541.